The van der Waals surface area contributed by atoms with E-state index in [0.29, 0.717) is 0 Å². The van der Waals surface area contributed by atoms with E-state index in [1.54, 1.807) is 18.4 Å². The Bertz CT molecular complexity index is 693. The molecule has 0 bridgehead atoms. The first-order chi connectivity index (χ1) is 9.78. The molecule has 102 valence electrons. The average molecular weight is 303 g/mol. The summed E-state index contributed by atoms with van der Waals surface area (Å²) in [5.41, 5.74) is 7.27. The number of methoxy groups -OCH3 is 1. The van der Waals surface area contributed by atoms with E-state index in [2.05, 4.69) is 10.2 Å². The largest absolute Gasteiger partial charge is 0.496 e. The molecule has 3 aromatic rings. The topological polar surface area (TPSA) is 61.0 Å². The van der Waals surface area contributed by atoms with Crippen molar-refractivity contribution in [3.63, 3.8) is 0 Å². The summed E-state index contributed by atoms with van der Waals surface area (Å²) in [6.45, 7) is 0. The molecule has 1 unspecified atom stereocenters. The summed E-state index contributed by atoms with van der Waals surface area (Å²) < 4.78 is 5.18. The molecular formula is C14H13N3OS2. The molecule has 6 heteroatoms. The monoisotopic (exact) mass is 303 g/mol. The minimum absolute atomic E-state index is 0.232. The zero-order valence-corrected chi connectivity index (χ0v) is 12.4. The molecule has 0 radical (unpaired) electrons. The summed E-state index contributed by atoms with van der Waals surface area (Å²) in [5.74, 6) is 0.842. The molecule has 0 aliphatic heterocycles. The molecule has 0 saturated carbocycles. The van der Waals surface area contributed by atoms with Gasteiger partial charge < -0.3 is 10.5 Å². The lowest BCUT2D eigenvalue weighted by molar-refractivity contribution is 0.417. The van der Waals surface area contributed by atoms with Crippen molar-refractivity contribution in [1.29, 1.82) is 0 Å². The first kappa shape index (κ1) is 13.2. The summed E-state index contributed by atoms with van der Waals surface area (Å²) in [4.78, 5) is 1.05. The van der Waals surface area contributed by atoms with E-state index in [-0.39, 0.29) is 6.04 Å². The Morgan fingerprint density at radius 1 is 1.20 bits per heavy atom. The summed E-state index contributed by atoms with van der Waals surface area (Å²) in [6, 6.07) is 11.6. The Balaban J connectivity index is 1.86. The van der Waals surface area contributed by atoms with Crippen molar-refractivity contribution < 1.29 is 4.74 Å². The normalized spacial score (nSPS) is 12.3. The molecule has 2 heterocycles. The van der Waals surface area contributed by atoms with Crippen LogP contribution in [0.5, 0.6) is 5.75 Å². The lowest BCUT2D eigenvalue weighted by atomic mass is 10.1. The lowest BCUT2D eigenvalue weighted by Crippen LogP contribution is -2.11. The number of hydrogen-bond donors (Lipinski definition) is 1. The Morgan fingerprint density at radius 2 is 2.00 bits per heavy atom. The molecule has 3 rings (SSSR count). The third kappa shape index (κ3) is 2.58. The quantitative estimate of drug-likeness (QED) is 0.803. The van der Waals surface area contributed by atoms with Crippen LogP contribution in [0.15, 0.2) is 41.8 Å². The highest BCUT2D eigenvalue weighted by molar-refractivity contribution is 7.21. The van der Waals surface area contributed by atoms with Gasteiger partial charge in [0.15, 0.2) is 5.01 Å². The van der Waals surface area contributed by atoms with Crippen LogP contribution in [0.2, 0.25) is 0 Å². The Labute approximate surface area is 124 Å². The van der Waals surface area contributed by atoms with Gasteiger partial charge in [-0.15, -0.1) is 21.5 Å². The third-order valence-corrected chi connectivity index (χ3v) is 4.97. The second-order valence-electron chi connectivity index (χ2n) is 4.18. The maximum Gasteiger partial charge on any atom is 0.158 e. The standard InChI is InChI=1S/C14H13N3OS2/c1-18-10-7-11(19-8-10)13-16-17-14(20-13)12(15)9-5-3-2-4-6-9/h2-8,12H,15H2,1H3. The molecule has 0 spiro atoms. The van der Waals surface area contributed by atoms with Gasteiger partial charge in [-0.05, 0) is 5.56 Å². The van der Waals surface area contributed by atoms with Gasteiger partial charge in [-0.2, -0.15) is 0 Å². The van der Waals surface area contributed by atoms with Crippen molar-refractivity contribution >= 4 is 22.7 Å². The van der Waals surface area contributed by atoms with Crippen LogP contribution in [0, 0.1) is 0 Å². The maximum atomic E-state index is 6.23. The van der Waals surface area contributed by atoms with Gasteiger partial charge >= 0.3 is 0 Å². The van der Waals surface area contributed by atoms with E-state index in [9.17, 15) is 0 Å². The van der Waals surface area contributed by atoms with Gasteiger partial charge in [0.05, 0.1) is 18.0 Å². The van der Waals surface area contributed by atoms with Crippen molar-refractivity contribution in [2.75, 3.05) is 7.11 Å². The highest BCUT2D eigenvalue weighted by Crippen LogP contribution is 2.34. The van der Waals surface area contributed by atoms with Crippen LogP contribution >= 0.6 is 22.7 Å². The number of rotatable bonds is 4. The minimum atomic E-state index is -0.232. The number of nitrogens with two attached hydrogens (primary N) is 1. The molecule has 0 amide bonds. The van der Waals surface area contributed by atoms with Crippen molar-refractivity contribution in [3.8, 4) is 15.6 Å². The van der Waals surface area contributed by atoms with Gasteiger partial charge in [0.2, 0.25) is 0 Å². The lowest BCUT2D eigenvalue weighted by Gasteiger charge is -2.06. The summed E-state index contributed by atoms with van der Waals surface area (Å²) >= 11 is 3.11. The van der Waals surface area contributed by atoms with E-state index in [1.807, 2.05) is 41.8 Å². The Morgan fingerprint density at radius 3 is 2.70 bits per heavy atom. The fraction of sp³-hybridized carbons (Fsp3) is 0.143. The third-order valence-electron chi connectivity index (χ3n) is 2.89. The number of thiophene rings is 1. The van der Waals surface area contributed by atoms with Gasteiger partial charge in [0.1, 0.15) is 10.8 Å². The maximum absolute atomic E-state index is 6.23. The van der Waals surface area contributed by atoms with Gasteiger partial charge in [0.25, 0.3) is 0 Å². The Kier molecular flexibility index (Phi) is 3.77. The Hall–Kier alpha value is -1.76. The summed E-state index contributed by atoms with van der Waals surface area (Å²) in [6.07, 6.45) is 0. The molecule has 0 fully saturated rings. The number of ether oxygens (including phenoxy) is 1. The molecule has 0 saturated heterocycles. The molecule has 1 aromatic carbocycles. The van der Waals surface area contributed by atoms with Gasteiger partial charge in [-0.25, -0.2) is 0 Å². The van der Waals surface area contributed by atoms with Crippen LogP contribution in [0.25, 0.3) is 9.88 Å². The van der Waals surface area contributed by atoms with E-state index in [0.717, 1.165) is 26.2 Å². The van der Waals surface area contributed by atoms with E-state index in [1.165, 1.54) is 11.3 Å². The van der Waals surface area contributed by atoms with Crippen molar-refractivity contribution in [3.05, 3.63) is 52.3 Å². The molecule has 4 nitrogen and oxygen atoms in total. The molecule has 2 aromatic heterocycles. The van der Waals surface area contributed by atoms with Crippen LogP contribution in [-0.4, -0.2) is 17.3 Å². The SMILES string of the molecule is COc1csc(-c2nnc(C(N)c3ccccc3)s2)c1. The number of benzene rings is 1. The fourth-order valence-electron chi connectivity index (χ4n) is 1.80. The van der Waals surface area contributed by atoms with Crippen LogP contribution in [0.1, 0.15) is 16.6 Å². The number of aromatic nitrogens is 2. The molecule has 2 N–H and O–H groups in total. The minimum Gasteiger partial charge on any atom is -0.496 e. The second-order valence-corrected chi connectivity index (χ2v) is 6.10. The highest BCUT2D eigenvalue weighted by Gasteiger charge is 2.16. The van der Waals surface area contributed by atoms with Crippen molar-refractivity contribution in [2.45, 2.75) is 6.04 Å². The zero-order chi connectivity index (χ0) is 13.9. The molecule has 20 heavy (non-hydrogen) atoms. The predicted octanol–water partition coefficient (Wildman–Crippen LogP) is 3.32. The fourth-order valence-corrected chi connectivity index (χ4v) is 3.59. The van der Waals surface area contributed by atoms with Crippen molar-refractivity contribution in [2.24, 2.45) is 5.73 Å². The van der Waals surface area contributed by atoms with Crippen LogP contribution < -0.4 is 10.5 Å². The molecule has 0 aliphatic rings. The van der Waals surface area contributed by atoms with Crippen molar-refractivity contribution in [1.82, 2.24) is 10.2 Å². The first-order valence-electron chi connectivity index (χ1n) is 6.05. The zero-order valence-electron chi connectivity index (χ0n) is 10.8. The molecule has 0 aliphatic carbocycles. The summed E-state index contributed by atoms with van der Waals surface area (Å²) in [5, 5.41) is 12.1. The van der Waals surface area contributed by atoms with E-state index < -0.39 is 0 Å². The average Bonchev–Trinajstić information content (AvgIpc) is 3.16. The van der Waals surface area contributed by atoms with Gasteiger partial charge in [-0.3, -0.25) is 0 Å². The molecular weight excluding hydrogens is 290 g/mol. The van der Waals surface area contributed by atoms with E-state index in [4.69, 9.17) is 10.5 Å². The second kappa shape index (κ2) is 5.70. The number of nitrogens with zero attached hydrogens (tertiary/aromatic N) is 2. The van der Waals surface area contributed by atoms with Gasteiger partial charge in [0, 0.05) is 11.4 Å². The van der Waals surface area contributed by atoms with Gasteiger partial charge in [-0.1, -0.05) is 41.7 Å². The van der Waals surface area contributed by atoms with E-state index >= 15 is 0 Å². The van der Waals surface area contributed by atoms with Crippen LogP contribution in [-0.2, 0) is 0 Å². The van der Waals surface area contributed by atoms with Crippen LogP contribution in [0.3, 0.4) is 0 Å². The van der Waals surface area contributed by atoms with Crippen LogP contribution in [0.4, 0.5) is 0 Å². The molecule has 1 atom stereocenters. The predicted molar refractivity (Wildman–Crippen MR) is 82.2 cm³/mol. The smallest absolute Gasteiger partial charge is 0.158 e. The highest BCUT2D eigenvalue weighted by atomic mass is 32.1. The first-order valence-corrected chi connectivity index (χ1v) is 7.74. The summed E-state index contributed by atoms with van der Waals surface area (Å²) in [7, 11) is 1.66. The number of hydrogen-bond acceptors (Lipinski definition) is 6.